The van der Waals surface area contributed by atoms with Gasteiger partial charge in [-0.3, -0.25) is 9.88 Å². The second-order valence-corrected chi connectivity index (χ2v) is 15.0. The van der Waals surface area contributed by atoms with Gasteiger partial charge in [0.2, 0.25) is 9.84 Å². The quantitative estimate of drug-likeness (QED) is 0.333. The zero-order valence-corrected chi connectivity index (χ0v) is 27.3. The third kappa shape index (κ3) is 6.44. The van der Waals surface area contributed by atoms with Crippen molar-refractivity contribution in [1.82, 2.24) is 14.8 Å². The van der Waals surface area contributed by atoms with Crippen molar-refractivity contribution >= 4 is 38.2 Å². The molecule has 0 unspecified atom stereocenters. The van der Waals surface area contributed by atoms with Crippen LogP contribution in [-0.4, -0.2) is 98.6 Å². The number of halogens is 1. The lowest BCUT2D eigenvalue weighted by Gasteiger charge is -2.45. The van der Waals surface area contributed by atoms with E-state index in [0.717, 1.165) is 99.7 Å². The van der Waals surface area contributed by atoms with Crippen LogP contribution >= 0.6 is 11.8 Å². The summed E-state index contributed by atoms with van der Waals surface area (Å²) in [5.74, 6) is -0.665. The van der Waals surface area contributed by atoms with E-state index in [1.807, 2.05) is 24.5 Å². The molecule has 1 N–H and O–H groups in total. The van der Waals surface area contributed by atoms with E-state index in [0.29, 0.717) is 17.8 Å². The zero-order valence-electron chi connectivity index (χ0n) is 25.6. The normalized spacial score (nSPS) is 21.6. The van der Waals surface area contributed by atoms with Crippen molar-refractivity contribution in [3.63, 3.8) is 0 Å². The van der Waals surface area contributed by atoms with Gasteiger partial charge in [0.25, 0.3) is 0 Å². The summed E-state index contributed by atoms with van der Waals surface area (Å²) in [6, 6.07) is 10.8. The van der Waals surface area contributed by atoms with Crippen LogP contribution in [0.1, 0.15) is 45.4 Å². The number of sulfone groups is 1. The summed E-state index contributed by atoms with van der Waals surface area (Å²) in [5.41, 5.74) is 1.39. The number of piperidine rings is 3. The van der Waals surface area contributed by atoms with Crippen molar-refractivity contribution in [2.75, 3.05) is 57.0 Å². The van der Waals surface area contributed by atoms with Gasteiger partial charge >= 0.3 is 0 Å². The molecule has 44 heavy (non-hydrogen) atoms. The van der Waals surface area contributed by atoms with E-state index in [9.17, 15) is 17.9 Å². The second-order valence-electron chi connectivity index (χ2n) is 12.2. The molecule has 0 radical (unpaired) electrons. The minimum Gasteiger partial charge on any atom is -0.491 e. The van der Waals surface area contributed by atoms with Gasteiger partial charge < -0.3 is 19.6 Å². The molecule has 1 atom stereocenters. The predicted octanol–water partition coefficient (Wildman–Crippen LogP) is 5.22. The third-order valence-electron chi connectivity index (χ3n) is 9.56. The number of aliphatic hydroxyl groups excluding tert-OH is 1. The number of anilines is 1. The molecule has 2 aromatic carbocycles. The fraction of sp³-hybridized carbons (Fsp3) is 0.545. The Morgan fingerprint density at radius 3 is 2.39 bits per heavy atom. The van der Waals surface area contributed by atoms with Crippen LogP contribution in [0.4, 0.5) is 10.1 Å². The summed E-state index contributed by atoms with van der Waals surface area (Å²) in [5, 5.41) is 10.9. The van der Waals surface area contributed by atoms with Gasteiger partial charge in [0, 0.05) is 48.2 Å². The Balaban J connectivity index is 1.24. The van der Waals surface area contributed by atoms with Gasteiger partial charge in [-0.15, -0.1) is 11.8 Å². The van der Waals surface area contributed by atoms with Gasteiger partial charge in [-0.1, -0.05) is 0 Å². The van der Waals surface area contributed by atoms with Crippen molar-refractivity contribution in [2.45, 2.75) is 78.3 Å². The number of fused-ring (bicyclic) bond motifs is 1. The average Bonchev–Trinajstić information content (AvgIpc) is 3.05. The number of hydrogen-bond donors (Lipinski definition) is 1. The van der Waals surface area contributed by atoms with Crippen LogP contribution in [-0.2, 0) is 9.84 Å². The van der Waals surface area contributed by atoms with Gasteiger partial charge in [0.05, 0.1) is 28.8 Å². The fourth-order valence-corrected chi connectivity index (χ4v) is 9.11. The van der Waals surface area contributed by atoms with Crippen LogP contribution in [0.25, 0.3) is 10.9 Å². The molecule has 6 rings (SSSR count). The number of aromatic nitrogens is 1. The van der Waals surface area contributed by atoms with E-state index in [4.69, 9.17) is 4.74 Å². The van der Waals surface area contributed by atoms with E-state index in [1.54, 1.807) is 18.7 Å². The lowest BCUT2D eigenvalue weighted by atomic mass is 9.95. The van der Waals surface area contributed by atoms with Gasteiger partial charge in [0.15, 0.2) is 11.6 Å². The van der Waals surface area contributed by atoms with Crippen molar-refractivity contribution in [1.29, 1.82) is 0 Å². The number of thioether (sulfide) groups is 1. The van der Waals surface area contributed by atoms with Crippen LogP contribution in [0.5, 0.6) is 5.75 Å². The molecule has 4 heterocycles. The summed E-state index contributed by atoms with van der Waals surface area (Å²) in [7, 11) is -4.08. The molecule has 3 aliphatic rings. The molecule has 238 valence electrons. The molecule has 1 aromatic heterocycles. The second kappa shape index (κ2) is 13.5. The molecule has 3 fully saturated rings. The summed E-state index contributed by atoms with van der Waals surface area (Å²) in [4.78, 5) is 12.9. The van der Waals surface area contributed by atoms with E-state index in [2.05, 4.69) is 19.7 Å². The Labute approximate surface area is 264 Å². The number of rotatable bonds is 8. The van der Waals surface area contributed by atoms with Gasteiger partial charge in [-0.05, 0) is 108 Å². The first-order valence-corrected chi connectivity index (χ1v) is 18.5. The minimum atomic E-state index is -4.08. The Kier molecular flexibility index (Phi) is 9.68. The molecule has 3 aliphatic heterocycles. The predicted molar refractivity (Wildman–Crippen MR) is 173 cm³/mol. The zero-order chi connectivity index (χ0) is 30.8. The number of aliphatic hydroxyl groups is 1. The van der Waals surface area contributed by atoms with Crippen molar-refractivity contribution < 1.29 is 22.7 Å². The number of likely N-dealkylation sites (tertiary alicyclic amines) is 2. The highest BCUT2D eigenvalue weighted by atomic mass is 32.2. The molecule has 11 heteroatoms. The number of pyridine rings is 1. The SMILES string of the molecule is CCOc1ccc(S(=O)(=O)c2cnc3ccc(SC)cc3c2N2CCC(N3CCC(N4CCC[C@H](O)C4)CC3)CC2)cc1F. The number of benzene rings is 2. The van der Waals surface area contributed by atoms with Gasteiger partial charge in [-0.25, -0.2) is 12.8 Å². The average molecular weight is 643 g/mol. The van der Waals surface area contributed by atoms with Gasteiger partial charge in [-0.2, -0.15) is 0 Å². The highest BCUT2D eigenvalue weighted by Gasteiger charge is 2.34. The summed E-state index contributed by atoms with van der Waals surface area (Å²) < 4.78 is 48.3. The van der Waals surface area contributed by atoms with Crippen molar-refractivity contribution in [3.05, 3.63) is 48.4 Å². The molecular formula is C33H43FN4O4S2. The minimum absolute atomic E-state index is 0.0348. The molecule has 0 spiro atoms. The van der Waals surface area contributed by atoms with E-state index < -0.39 is 15.7 Å². The maximum absolute atomic E-state index is 14.8. The Morgan fingerprint density at radius 2 is 1.70 bits per heavy atom. The lowest BCUT2D eigenvalue weighted by Crippen LogP contribution is -2.53. The molecule has 0 amide bonds. The number of ether oxygens (including phenoxy) is 1. The molecule has 0 bridgehead atoms. The molecule has 8 nitrogen and oxygen atoms in total. The Hall–Kier alpha value is -2.44. The molecule has 0 saturated carbocycles. The standard InChI is InChI=1S/C33H43FN4O4S2/c1-3-42-31-9-7-27(20-29(31)34)44(40,41)32-21-35-30-8-6-26(43-2)19-28(30)33(32)37-17-12-23(13-18-37)36-15-10-24(11-16-36)38-14-4-5-25(39)22-38/h6-9,19-21,23-25,39H,3-5,10-18,22H2,1-2H3/t25-/m0/s1. The number of nitrogens with zero attached hydrogens (tertiary/aromatic N) is 4. The van der Waals surface area contributed by atoms with Gasteiger partial charge in [0.1, 0.15) is 4.90 Å². The van der Waals surface area contributed by atoms with Crippen LogP contribution in [0.3, 0.4) is 0 Å². The van der Waals surface area contributed by atoms with Crippen LogP contribution in [0, 0.1) is 5.82 Å². The van der Waals surface area contributed by atoms with Crippen molar-refractivity contribution in [2.24, 2.45) is 0 Å². The third-order valence-corrected chi connectivity index (χ3v) is 12.0. The largest absolute Gasteiger partial charge is 0.491 e. The number of β-amino-alcohol motifs (C(OH)–C–C–N with tert-alkyl or cyclic N) is 1. The molecular weight excluding hydrogens is 600 g/mol. The summed E-state index contributed by atoms with van der Waals surface area (Å²) >= 11 is 1.60. The molecule has 0 aliphatic carbocycles. The monoisotopic (exact) mass is 642 g/mol. The van der Waals surface area contributed by atoms with Crippen LogP contribution < -0.4 is 9.64 Å². The first kappa shape index (κ1) is 31.5. The lowest BCUT2D eigenvalue weighted by molar-refractivity contribution is 0.0170. The van der Waals surface area contributed by atoms with Crippen LogP contribution in [0.15, 0.2) is 57.3 Å². The molecule has 3 aromatic rings. The summed E-state index contributed by atoms with van der Waals surface area (Å²) in [6.07, 6.45) is 9.37. The Morgan fingerprint density at radius 1 is 0.977 bits per heavy atom. The van der Waals surface area contributed by atoms with E-state index in [1.165, 1.54) is 18.3 Å². The van der Waals surface area contributed by atoms with E-state index in [-0.39, 0.29) is 28.3 Å². The van der Waals surface area contributed by atoms with E-state index >= 15 is 0 Å². The maximum Gasteiger partial charge on any atom is 0.210 e. The fourth-order valence-electron chi connectivity index (χ4n) is 7.22. The highest BCUT2D eigenvalue weighted by Crippen LogP contribution is 2.39. The van der Waals surface area contributed by atoms with Crippen molar-refractivity contribution in [3.8, 4) is 5.75 Å². The number of hydrogen-bond acceptors (Lipinski definition) is 9. The smallest absolute Gasteiger partial charge is 0.210 e. The summed E-state index contributed by atoms with van der Waals surface area (Å²) in [6.45, 7) is 7.50. The first-order valence-electron chi connectivity index (χ1n) is 15.8. The van der Waals surface area contributed by atoms with Crippen LogP contribution in [0.2, 0.25) is 0 Å². The Bertz CT molecular complexity index is 1570. The first-order chi connectivity index (χ1) is 21.3. The molecule has 3 saturated heterocycles. The maximum atomic E-state index is 14.8. The highest BCUT2D eigenvalue weighted by molar-refractivity contribution is 7.98. The topological polar surface area (TPSA) is 86.2 Å².